The number of nitrogens with one attached hydrogen (secondary N) is 1. The fourth-order valence-electron chi connectivity index (χ4n) is 2.28. The summed E-state index contributed by atoms with van der Waals surface area (Å²) in [5, 5.41) is 3.53. The zero-order valence-corrected chi connectivity index (χ0v) is 11.3. The Kier molecular flexibility index (Phi) is 4.24. The molecule has 1 heterocycles. The van der Waals surface area contributed by atoms with E-state index in [1.54, 1.807) is 0 Å². The van der Waals surface area contributed by atoms with Crippen molar-refractivity contribution in [3.05, 3.63) is 28.7 Å². The van der Waals surface area contributed by atoms with Crippen LogP contribution in [-0.4, -0.2) is 25.7 Å². The quantitative estimate of drug-likeness (QED) is 0.917. The first kappa shape index (κ1) is 11.9. The van der Waals surface area contributed by atoms with Crippen LogP contribution in [-0.2, 0) is 0 Å². The summed E-state index contributed by atoms with van der Waals surface area (Å²) in [6, 6.07) is 9.34. The molecule has 0 radical (unpaired) electrons. The second-order valence-electron chi connectivity index (χ2n) is 4.30. The Morgan fingerprint density at radius 3 is 2.44 bits per heavy atom. The fourth-order valence-corrected chi connectivity index (χ4v) is 2.55. The Bertz CT molecular complexity index is 315. The maximum Gasteiger partial charge on any atom is 0.0366 e. The summed E-state index contributed by atoms with van der Waals surface area (Å²) in [4.78, 5) is 2.47. The van der Waals surface area contributed by atoms with Crippen molar-refractivity contribution < 1.29 is 0 Å². The average Bonchev–Trinajstić information content (AvgIpc) is 2.32. The van der Waals surface area contributed by atoms with E-state index in [-0.39, 0.29) is 0 Å². The predicted molar refractivity (Wildman–Crippen MR) is 73.1 cm³/mol. The van der Waals surface area contributed by atoms with E-state index in [0.717, 1.165) is 17.1 Å². The standard InChI is InChI=1S/C13H19BrN2/c1-2-15-12-7-9-16(10-8-12)13-5-3-11(14)4-6-13/h3-6,12,15H,2,7-10H2,1H3. The summed E-state index contributed by atoms with van der Waals surface area (Å²) in [6.07, 6.45) is 2.51. The number of halogens is 1. The minimum Gasteiger partial charge on any atom is -0.371 e. The lowest BCUT2D eigenvalue weighted by Crippen LogP contribution is -2.42. The molecule has 0 unspecified atom stereocenters. The van der Waals surface area contributed by atoms with Crippen LogP contribution in [0.25, 0.3) is 0 Å². The van der Waals surface area contributed by atoms with Gasteiger partial charge < -0.3 is 10.2 Å². The van der Waals surface area contributed by atoms with Crippen LogP contribution in [0.5, 0.6) is 0 Å². The van der Waals surface area contributed by atoms with Crippen LogP contribution in [0.1, 0.15) is 19.8 Å². The van der Waals surface area contributed by atoms with Crippen molar-refractivity contribution in [2.75, 3.05) is 24.5 Å². The topological polar surface area (TPSA) is 15.3 Å². The molecule has 0 aromatic heterocycles. The zero-order valence-electron chi connectivity index (χ0n) is 9.75. The van der Waals surface area contributed by atoms with Gasteiger partial charge in [0.25, 0.3) is 0 Å². The van der Waals surface area contributed by atoms with Gasteiger partial charge in [-0.2, -0.15) is 0 Å². The third kappa shape index (κ3) is 2.98. The van der Waals surface area contributed by atoms with Crippen LogP contribution in [0, 0.1) is 0 Å². The molecule has 1 aliphatic heterocycles. The average molecular weight is 283 g/mol. The first-order valence-corrected chi connectivity index (χ1v) is 6.83. The van der Waals surface area contributed by atoms with Crippen molar-refractivity contribution in [2.45, 2.75) is 25.8 Å². The van der Waals surface area contributed by atoms with Gasteiger partial charge in [0, 0.05) is 29.3 Å². The van der Waals surface area contributed by atoms with Gasteiger partial charge in [0.1, 0.15) is 0 Å². The summed E-state index contributed by atoms with van der Waals surface area (Å²) in [5.74, 6) is 0. The van der Waals surface area contributed by atoms with E-state index in [1.165, 1.54) is 31.6 Å². The summed E-state index contributed by atoms with van der Waals surface area (Å²) < 4.78 is 1.15. The Morgan fingerprint density at radius 1 is 1.25 bits per heavy atom. The molecule has 1 aromatic carbocycles. The monoisotopic (exact) mass is 282 g/mol. The number of rotatable bonds is 3. The molecule has 88 valence electrons. The van der Waals surface area contributed by atoms with E-state index in [4.69, 9.17) is 0 Å². The first-order chi connectivity index (χ1) is 7.79. The molecule has 2 nitrogen and oxygen atoms in total. The molecular weight excluding hydrogens is 264 g/mol. The third-order valence-corrected chi connectivity index (χ3v) is 3.71. The Labute approximate surface area is 106 Å². The molecule has 1 aliphatic rings. The highest BCUT2D eigenvalue weighted by Crippen LogP contribution is 2.22. The highest BCUT2D eigenvalue weighted by atomic mass is 79.9. The van der Waals surface area contributed by atoms with Crippen molar-refractivity contribution in [2.24, 2.45) is 0 Å². The van der Waals surface area contributed by atoms with Gasteiger partial charge in [-0.15, -0.1) is 0 Å². The van der Waals surface area contributed by atoms with Gasteiger partial charge in [0.2, 0.25) is 0 Å². The van der Waals surface area contributed by atoms with E-state index >= 15 is 0 Å². The lowest BCUT2D eigenvalue weighted by Gasteiger charge is -2.34. The van der Waals surface area contributed by atoms with Gasteiger partial charge in [-0.05, 0) is 43.7 Å². The fraction of sp³-hybridized carbons (Fsp3) is 0.538. The van der Waals surface area contributed by atoms with Crippen LogP contribution in [0.2, 0.25) is 0 Å². The largest absolute Gasteiger partial charge is 0.371 e. The van der Waals surface area contributed by atoms with Crippen molar-refractivity contribution in [3.63, 3.8) is 0 Å². The van der Waals surface area contributed by atoms with Crippen LogP contribution in [0.3, 0.4) is 0 Å². The summed E-state index contributed by atoms with van der Waals surface area (Å²) in [6.45, 7) is 5.60. The van der Waals surface area contributed by atoms with Crippen molar-refractivity contribution in [1.82, 2.24) is 5.32 Å². The summed E-state index contributed by atoms with van der Waals surface area (Å²) in [7, 11) is 0. The van der Waals surface area contributed by atoms with Crippen molar-refractivity contribution >= 4 is 21.6 Å². The second kappa shape index (κ2) is 5.69. The molecule has 1 saturated heterocycles. The summed E-state index contributed by atoms with van der Waals surface area (Å²) >= 11 is 3.47. The number of piperidine rings is 1. The van der Waals surface area contributed by atoms with Crippen molar-refractivity contribution in [3.8, 4) is 0 Å². The molecule has 0 spiro atoms. The number of hydrogen-bond acceptors (Lipinski definition) is 2. The lowest BCUT2D eigenvalue weighted by atomic mass is 10.0. The van der Waals surface area contributed by atoms with E-state index in [1.807, 2.05) is 0 Å². The Hall–Kier alpha value is -0.540. The third-order valence-electron chi connectivity index (χ3n) is 3.18. The van der Waals surface area contributed by atoms with E-state index in [0.29, 0.717) is 0 Å². The molecular formula is C13H19BrN2. The Morgan fingerprint density at radius 2 is 1.88 bits per heavy atom. The van der Waals surface area contributed by atoms with Gasteiger partial charge in [0.05, 0.1) is 0 Å². The molecule has 1 aromatic rings. The molecule has 0 amide bonds. The number of hydrogen-bond donors (Lipinski definition) is 1. The van der Waals surface area contributed by atoms with E-state index < -0.39 is 0 Å². The molecule has 1 fully saturated rings. The predicted octanol–water partition coefficient (Wildman–Crippen LogP) is 3.03. The molecule has 0 atom stereocenters. The molecule has 3 heteroatoms. The van der Waals surface area contributed by atoms with Crippen molar-refractivity contribution in [1.29, 1.82) is 0 Å². The Balaban J connectivity index is 1.91. The highest BCUT2D eigenvalue weighted by molar-refractivity contribution is 9.10. The molecule has 16 heavy (non-hydrogen) atoms. The minimum atomic E-state index is 0.719. The van der Waals surface area contributed by atoms with Gasteiger partial charge in [-0.3, -0.25) is 0 Å². The zero-order chi connectivity index (χ0) is 11.4. The molecule has 0 saturated carbocycles. The molecule has 2 rings (SSSR count). The molecule has 0 bridgehead atoms. The lowest BCUT2D eigenvalue weighted by molar-refractivity contribution is 0.424. The summed E-state index contributed by atoms with van der Waals surface area (Å²) in [5.41, 5.74) is 1.35. The van der Waals surface area contributed by atoms with Crippen LogP contribution in [0.15, 0.2) is 28.7 Å². The normalized spacial score (nSPS) is 17.8. The highest BCUT2D eigenvalue weighted by Gasteiger charge is 2.18. The van der Waals surface area contributed by atoms with Gasteiger partial charge in [0.15, 0.2) is 0 Å². The van der Waals surface area contributed by atoms with Crippen LogP contribution >= 0.6 is 15.9 Å². The molecule has 0 aliphatic carbocycles. The maximum atomic E-state index is 3.53. The van der Waals surface area contributed by atoms with Gasteiger partial charge in [-0.1, -0.05) is 22.9 Å². The van der Waals surface area contributed by atoms with Gasteiger partial charge >= 0.3 is 0 Å². The first-order valence-electron chi connectivity index (χ1n) is 6.03. The SMILES string of the molecule is CCNC1CCN(c2ccc(Br)cc2)CC1. The molecule has 1 N–H and O–H groups in total. The van der Waals surface area contributed by atoms with E-state index in [9.17, 15) is 0 Å². The maximum absolute atomic E-state index is 3.53. The number of anilines is 1. The number of benzene rings is 1. The minimum absolute atomic E-state index is 0.719. The number of nitrogens with zero attached hydrogens (tertiary/aromatic N) is 1. The van der Waals surface area contributed by atoms with Gasteiger partial charge in [-0.25, -0.2) is 0 Å². The smallest absolute Gasteiger partial charge is 0.0366 e. The van der Waals surface area contributed by atoms with E-state index in [2.05, 4.69) is 57.3 Å². The van der Waals surface area contributed by atoms with Crippen LogP contribution < -0.4 is 10.2 Å². The second-order valence-corrected chi connectivity index (χ2v) is 5.21. The van der Waals surface area contributed by atoms with Crippen LogP contribution in [0.4, 0.5) is 5.69 Å².